The van der Waals surface area contributed by atoms with Gasteiger partial charge in [-0.25, -0.2) is 8.42 Å². The number of amides is 2. The second kappa shape index (κ2) is 11.9. The molecule has 0 bridgehead atoms. The van der Waals surface area contributed by atoms with E-state index in [2.05, 4.69) is 5.32 Å². The third-order valence-corrected chi connectivity index (χ3v) is 6.85. The Morgan fingerprint density at radius 2 is 1.59 bits per heavy atom. The van der Waals surface area contributed by atoms with Crippen LogP contribution in [0.2, 0.25) is 10.0 Å². The summed E-state index contributed by atoms with van der Waals surface area (Å²) in [4.78, 5) is 27.7. The molecule has 2 rings (SSSR count). The Bertz CT molecular complexity index is 1120. The highest BCUT2D eigenvalue weighted by atomic mass is 35.5. The van der Waals surface area contributed by atoms with Crippen LogP contribution in [0.25, 0.3) is 0 Å². The Balaban J connectivity index is 2.40. The van der Waals surface area contributed by atoms with E-state index < -0.39 is 28.5 Å². The minimum Gasteiger partial charge on any atom is -0.354 e. The molecule has 1 atom stereocenters. The van der Waals surface area contributed by atoms with E-state index in [-0.39, 0.29) is 18.4 Å². The van der Waals surface area contributed by atoms with Crippen LogP contribution in [0.3, 0.4) is 0 Å². The largest absolute Gasteiger partial charge is 0.354 e. The molecule has 0 heterocycles. The number of sulfonamides is 1. The van der Waals surface area contributed by atoms with Gasteiger partial charge >= 0.3 is 0 Å². The average Bonchev–Trinajstić information content (AvgIpc) is 2.75. The molecule has 0 aliphatic rings. The maximum Gasteiger partial charge on any atom is 0.244 e. The van der Waals surface area contributed by atoms with Crippen molar-refractivity contribution in [1.29, 1.82) is 0 Å². The van der Waals surface area contributed by atoms with Crippen molar-refractivity contribution in [1.82, 2.24) is 10.2 Å². The lowest BCUT2D eigenvalue weighted by Crippen LogP contribution is -2.51. The second-order valence-corrected chi connectivity index (χ2v) is 11.4. The lowest BCUT2D eigenvalue weighted by molar-refractivity contribution is -0.139. The summed E-state index contributed by atoms with van der Waals surface area (Å²) in [6, 6.07) is 10.9. The van der Waals surface area contributed by atoms with E-state index in [0.29, 0.717) is 27.8 Å². The highest BCUT2D eigenvalue weighted by molar-refractivity contribution is 7.92. The molecule has 0 fully saturated rings. The zero-order chi connectivity index (χ0) is 25.6. The molecule has 10 heteroatoms. The number of halogens is 2. The number of nitrogens with one attached hydrogen (secondary N) is 1. The van der Waals surface area contributed by atoms with Gasteiger partial charge in [0.15, 0.2) is 0 Å². The van der Waals surface area contributed by atoms with E-state index in [1.54, 1.807) is 50.2 Å². The van der Waals surface area contributed by atoms with Crippen molar-refractivity contribution in [2.75, 3.05) is 23.7 Å². The monoisotopic (exact) mass is 527 g/mol. The molecule has 0 aromatic heterocycles. The van der Waals surface area contributed by atoms with Crippen molar-refractivity contribution < 1.29 is 18.0 Å². The fraction of sp³-hybridized carbons (Fsp3) is 0.417. The molecule has 2 aromatic carbocycles. The highest BCUT2D eigenvalue weighted by Crippen LogP contribution is 2.26. The van der Waals surface area contributed by atoms with Gasteiger partial charge < -0.3 is 10.2 Å². The van der Waals surface area contributed by atoms with Crippen LogP contribution >= 0.6 is 23.2 Å². The number of hydrogen-bond donors (Lipinski definition) is 1. The first-order valence-electron chi connectivity index (χ1n) is 10.8. The van der Waals surface area contributed by atoms with Gasteiger partial charge in [0.25, 0.3) is 0 Å². The fourth-order valence-corrected chi connectivity index (χ4v) is 4.46. The van der Waals surface area contributed by atoms with Crippen LogP contribution in [0.15, 0.2) is 42.5 Å². The number of benzene rings is 2. The minimum atomic E-state index is -3.82. The highest BCUT2D eigenvalue weighted by Gasteiger charge is 2.30. The Hall–Kier alpha value is -2.29. The molecule has 0 saturated carbocycles. The number of rotatable bonds is 10. The topological polar surface area (TPSA) is 86.8 Å². The molecule has 2 aromatic rings. The smallest absolute Gasteiger partial charge is 0.244 e. The van der Waals surface area contributed by atoms with Crippen LogP contribution in [0.5, 0.6) is 0 Å². The third-order valence-electron chi connectivity index (χ3n) is 5.24. The summed E-state index contributed by atoms with van der Waals surface area (Å²) in [5.74, 6) is -0.601. The van der Waals surface area contributed by atoms with Crippen LogP contribution in [-0.4, -0.2) is 50.5 Å². The number of aryl methyl sites for hydroxylation is 1. The third kappa shape index (κ3) is 7.89. The van der Waals surface area contributed by atoms with Gasteiger partial charge in [-0.05, 0) is 55.2 Å². The number of anilines is 1. The van der Waals surface area contributed by atoms with Gasteiger partial charge in [-0.3, -0.25) is 13.9 Å². The maximum absolute atomic E-state index is 13.5. The second-order valence-electron chi connectivity index (χ2n) is 8.66. The number of carbonyl (C=O) groups excluding carboxylic acids is 2. The summed E-state index contributed by atoms with van der Waals surface area (Å²) in [5.41, 5.74) is 1.72. The standard InChI is InChI=1S/C24H31Cl2N3O4S/c1-16(2)13-27-24(31)18(4)28(14-19-7-10-20(25)11-8-19)23(30)15-29(34(5,32)33)22-12-21(26)9-6-17(22)3/h6-12,16,18H,13-15H2,1-5H3,(H,27,31)/t18-/m1/s1. The van der Waals surface area contributed by atoms with Crippen molar-refractivity contribution in [2.24, 2.45) is 5.92 Å². The van der Waals surface area contributed by atoms with Crippen molar-refractivity contribution in [3.8, 4) is 0 Å². The lowest BCUT2D eigenvalue weighted by Gasteiger charge is -2.32. The van der Waals surface area contributed by atoms with Crippen molar-refractivity contribution in [3.63, 3.8) is 0 Å². The predicted octanol–water partition coefficient (Wildman–Crippen LogP) is 4.26. The Kier molecular flexibility index (Phi) is 9.79. The van der Waals surface area contributed by atoms with E-state index in [1.807, 2.05) is 13.8 Å². The molecule has 0 radical (unpaired) electrons. The first-order valence-corrected chi connectivity index (χ1v) is 13.5. The molecule has 2 amide bonds. The van der Waals surface area contributed by atoms with Crippen LogP contribution < -0.4 is 9.62 Å². The predicted molar refractivity (Wildman–Crippen MR) is 138 cm³/mol. The van der Waals surface area contributed by atoms with E-state index in [9.17, 15) is 18.0 Å². The van der Waals surface area contributed by atoms with Gasteiger partial charge in [0.05, 0.1) is 11.9 Å². The summed E-state index contributed by atoms with van der Waals surface area (Å²) < 4.78 is 26.3. The number of nitrogens with zero attached hydrogens (tertiary/aromatic N) is 2. The molecule has 0 aliphatic heterocycles. The summed E-state index contributed by atoms with van der Waals surface area (Å²) >= 11 is 12.1. The molecule has 0 spiro atoms. The van der Waals surface area contributed by atoms with Crippen molar-refractivity contribution >= 4 is 50.7 Å². The molecule has 0 unspecified atom stereocenters. The van der Waals surface area contributed by atoms with Crippen molar-refractivity contribution in [3.05, 3.63) is 63.6 Å². The van der Waals surface area contributed by atoms with E-state index in [0.717, 1.165) is 16.1 Å². The molecule has 34 heavy (non-hydrogen) atoms. The molecular formula is C24H31Cl2N3O4S. The van der Waals surface area contributed by atoms with E-state index in [1.165, 1.54) is 11.0 Å². The molecule has 0 saturated heterocycles. The number of carbonyl (C=O) groups is 2. The van der Waals surface area contributed by atoms with E-state index in [4.69, 9.17) is 23.2 Å². The van der Waals surface area contributed by atoms with Gasteiger partial charge in [-0.15, -0.1) is 0 Å². The fourth-order valence-electron chi connectivity index (χ4n) is 3.27. The van der Waals surface area contributed by atoms with Gasteiger partial charge in [0.1, 0.15) is 12.6 Å². The zero-order valence-electron chi connectivity index (χ0n) is 20.0. The molecule has 1 N–H and O–H groups in total. The molecule has 186 valence electrons. The summed E-state index contributed by atoms with van der Waals surface area (Å²) in [5, 5.41) is 3.73. The summed E-state index contributed by atoms with van der Waals surface area (Å²) in [6.45, 7) is 7.40. The summed E-state index contributed by atoms with van der Waals surface area (Å²) in [6.07, 6.45) is 1.03. The SMILES string of the molecule is Cc1ccc(Cl)cc1N(CC(=O)N(Cc1ccc(Cl)cc1)[C@H](C)C(=O)NCC(C)C)S(C)(=O)=O. The quantitative estimate of drug-likeness (QED) is 0.500. The number of hydrogen-bond acceptors (Lipinski definition) is 4. The Labute approximate surface area is 212 Å². The first kappa shape index (κ1) is 28.0. The minimum absolute atomic E-state index is 0.110. The molecular weight excluding hydrogens is 497 g/mol. The van der Waals surface area contributed by atoms with Crippen LogP contribution in [0.1, 0.15) is 31.9 Å². The molecule has 0 aliphatic carbocycles. The zero-order valence-corrected chi connectivity index (χ0v) is 22.3. The van der Waals surface area contributed by atoms with Gasteiger partial charge in [0, 0.05) is 23.1 Å². The van der Waals surface area contributed by atoms with Crippen LogP contribution in [-0.2, 0) is 26.2 Å². The van der Waals surface area contributed by atoms with E-state index >= 15 is 0 Å². The average molecular weight is 529 g/mol. The Morgan fingerprint density at radius 1 is 1.00 bits per heavy atom. The van der Waals surface area contributed by atoms with Crippen LogP contribution in [0, 0.1) is 12.8 Å². The van der Waals surface area contributed by atoms with Crippen LogP contribution in [0.4, 0.5) is 5.69 Å². The summed E-state index contributed by atoms with van der Waals surface area (Å²) in [7, 11) is -3.82. The maximum atomic E-state index is 13.5. The lowest BCUT2D eigenvalue weighted by atomic mass is 10.1. The van der Waals surface area contributed by atoms with Crippen molar-refractivity contribution in [2.45, 2.75) is 40.3 Å². The van der Waals surface area contributed by atoms with Gasteiger partial charge in [-0.2, -0.15) is 0 Å². The Morgan fingerprint density at radius 3 is 2.15 bits per heavy atom. The molecule has 7 nitrogen and oxygen atoms in total. The first-order chi connectivity index (χ1) is 15.8. The van der Waals surface area contributed by atoms with Gasteiger partial charge in [0.2, 0.25) is 21.8 Å². The van der Waals surface area contributed by atoms with Gasteiger partial charge in [-0.1, -0.05) is 55.2 Å². The normalized spacial score (nSPS) is 12.4.